The van der Waals surface area contributed by atoms with Crippen molar-refractivity contribution >= 4 is 52.2 Å². The van der Waals surface area contributed by atoms with E-state index in [-0.39, 0.29) is 16.4 Å². The molecule has 1 heterocycles. The molecule has 2 aromatic rings. The molecule has 30 heavy (non-hydrogen) atoms. The highest BCUT2D eigenvalue weighted by atomic mass is 35.5. The van der Waals surface area contributed by atoms with Crippen molar-refractivity contribution in [2.75, 3.05) is 26.1 Å². The quantitative estimate of drug-likeness (QED) is 0.648. The van der Waals surface area contributed by atoms with Crippen molar-refractivity contribution in [3.63, 3.8) is 0 Å². The van der Waals surface area contributed by atoms with Gasteiger partial charge in [-0.15, -0.1) is 0 Å². The predicted octanol–water partition coefficient (Wildman–Crippen LogP) is 3.74. The van der Waals surface area contributed by atoms with E-state index in [1.807, 2.05) is 0 Å². The lowest BCUT2D eigenvalue weighted by Gasteiger charge is -2.13. The van der Waals surface area contributed by atoms with Gasteiger partial charge in [0, 0.05) is 5.69 Å². The van der Waals surface area contributed by atoms with Gasteiger partial charge in [-0.2, -0.15) is 0 Å². The van der Waals surface area contributed by atoms with Gasteiger partial charge in [-0.3, -0.25) is 19.3 Å². The number of nitrogens with one attached hydrogen (secondary N) is 1. The first-order chi connectivity index (χ1) is 14.3. The van der Waals surface area contributed by atoms with Crippen LogP contribution in [-0.4, -0.2) is 47.8 Å². The number of carbonyl (C=O) groups is 3. The first-order valence-electron chi connectivity index (χ1n) is 8.58. The van der Waals surface area contributed by atoms with Crippen LogP contribution in [-0.2, 0) is 9.59 Å². The normalized spacial score (nSPS) is 14.9. The highest BCUT2D eigenvalue weighted by Gasteiger charge is 2.36. The maximum absolute atomic E-state index is 12.6. The number of phenols is 1. The molecule has 0 bridgehead atoms. The summed E-state index contributed by atoms with van der Waals surface area (Å²) in [5.74, 6) is -0.501. The highest BCUT2D eigenvalue weighted by molar-refractivity contribution is 8.18. The number of amides is 3. The number of imide groups is 1. The summed E-state index contributed by atoms with van der Waals surface area (Å²) in [6.45, 7) is -0.445. The Morgan fingerprint density at radius 1 is 1.17 bits per heavy atom. The van der Waals surface area contributed by atoms with Crippen LogP contribution in [0.1, 0.15) is 5.56 Å². The topological polar surface area (TPSA) is 105 Å². The van der Waals surface area contributed by atoms with Crippen LogP contribution in [0.2, 0.25) is 5.02 Å². The van der Waals surface area contributed by atoms with Crippen LogP contribution >= 0.6 is 23.4 Å². The minimum absolute atomic E-state index is 0.0944. The first-order valence-corrected chi connectivity index (χ1v) is 9.77. The number of anilines is 1. The summed E-state index contributed by atoms with van der Waals surface area (Å²) in [7, 11) is 2.89. The maximum Gasteiger partial charge on any atom is 0.294 e. The van der Waals surface area contributed by atoms with E-state index in [1.165, 1.54) is 32.4 Å². The summed E-state index contributed by atoms with van der Waals surface area (Å²) in [4.78, 5) is 38.1. The molecule has 0 radical (unpaired) electrons. The number of hydrogen-bond donors (Lipinski definition) is 2. The molecule has 0 unspecified atom stereocenters. The number of hydrogen-bond acceptors (Lipinski definition) is 7. The summed E-state index contributed by atoms with van der Waals surface area (Å²) in [6.07, 6.45) is 1.46. The zero-order valence-corrected chi connectivity index (χ0v) is 17.5. The van der Waals surface area contributed by atoms with Crippen LogP contribution < -0.4 is 14.8 Å². The van der Waals surface area contributed by atoms with Crippen LogP contribution in [0.4, 0.5) is 10.5 Å². The van der Waals surface area contributed by atoms with E-state index in [9.17, 15) is 19.5 Å². The molecule has 2 N–H and O–H groups in total. The number of rotatable bonds is 6. The van der Waals surface area contributed by atoms with Gasteiger partial charge in [0.15, 0.2) is 11.5 Å². The fraction of sp³-hybridized carbons (Fsp3) is 0.150. The third-order valence-electron chi connectivity index (χ3n) is 4.11. The molecule has 0 aliphatic carbocycles. The van der Waals surface area contributed by atoms with Crippen molar-refractivity contribution in [2.45, 2.75) is 0 Å². The van der Waals surface area contributed by atoms with Gasteiger partial charge in [0.05, 0.1) is 24.1 Å². The first kappa shape index (κ1) is 21.5. The minimum Gasteiger partial charge on any atom is -0.504 e. The van der Waals surface area contributed by atoms with Crippen LogP contribution in [0, 0.1) is 0 Å². The molecular formula is C20H17ClN2O6S. The molecule has 156 valence electrons. The third-order valence-corrected chi connectivity index (χ3v) is 5.31. The fourth-order valence-corrected chi connectivity index (χ4v) is 3.77. The summed E-state index contributed by atoms with van der Waals surface area (Å²) >= 11 is 6.74. The largest absolute Gasteiger partial charge is 0.504 e. The Hall–Kier alpha value is -3.17. The lowest BCUT2D eigenvalue weighted by Crippen LogP contribution is -2.36. The molecule has 10 heteroatoms. The van der Waals surface area contributed by atoms with Gasteiger partial charge in [-0.05, 0) is 53.7 Å². The van der Waals surface area contributed by atoms with E-state index in [4.69, 9.17) is 21.1 Å². The summed E-state index contributed by atoms with van der Waals surface area (Å²) in [5.41, 5.74) is 0.915. The van der Waals surface area contributed by atoms with Gasteiger partial charge < -0.3 is 19.9 Å². The summed E-state index contributed by atoms with van der Waals surface area (Å²) < 4.78 is 10.0. The second-order valence-corrected chi connectivity index (χ2v) is 7.50. The van der Waals surface area contributed by atoms with Crippen LogP contribution in [0.5, 0.6) is 17.2 Å². The number of benzene rings is 2. The number of aromatic hydroxyl groups is 1. The second-order valence-electron chi connectivity index (χ2n) is 6.10. The van der Waals surface area contributed by atoms with Crippen molar-refractivity contribution < 1.29 is 29.0 Å². The number of phenolic OH excluding ortho intramolecular Hbond substituents is 1. The number of methoxy groups -OCH3 is 2. The molecule has 2 aromatic carbocycles. The molecule has 0 atom stereocenters. The fourth-order valence-electron chi connectivity index (χ4n) is 2.67. The van der Waals surface area contributed by atoms with Crippen molar-refractivity contribution in [1.29, 1.82) is 0 Å². The third kappa shape index (κ3) is 4.69. The summed E-state index contributed by atoms with van der Waals surface area (Å²) in [5, 5.41) is 12.2. The smallest absolute Gasteiger partial charge is 0.294 e. The standard InChI is InChI=1S/C20H17ClN2O6S/c1-28-15-6-4-12(9-13(15)21)22-18(25)10-23-19(26)17(30-20(23)27)8-11-3-5-16(29-2)14(24)7-11/h3-9,24H,10H2,1-2H3,(H,22,25). The molecule has 1 fully saturated rings. The molecule has 0 spiro atoms. The SMILES string of the molecule is COc1ccc(C=C2SC(=O)N(CC(=O)Nc3ccc(OC)c(Cl)c3)C2=O)cc1O. The minimum atomic E-state index is -0.594. The van der Waals surface area contributed by atoms with E-state index in [0.29, 0.717) is 33.8 Å². The lowest BCUT2D eigenvalue weighted by molar-refractivity contribution is -0.127. The van der Waals surface area contributed by atoms with Gasteiger partial charge in [-0.1, -0.05) is 17.7 Å². The van der Waals surface area contributed by atoms with E-state index < -0.39 is 23.6 Å². The van der Waals surface area contributed by atoms with Crippen LogP contribution in [0.25, 0.3) is 6.08 Å². The van der Waals surface area contributed by atoms with Crippen molar-refractivity contribution in [3.05, 3.63) is 51.9 Å². The number of carbonyl (C=O) groups excluding carboxylic acids is 3. The monoisotopic (exact) mass is 448 g/mol. The molecule has 3 rings (SSSR count). The zero-order valence-electron chi connectivity index (χ0n) is 16.0. The molecule has 0 saturated carbocycles. The Labute approximate surface area is 181 Å². The van der Waals surface area contributed by atoms with Gasteiger partial charge in [-0.25, -0.2) is 0 Å². The predicted molar refractivity (Wildman–Crippen MR) is 114 cm³/mol. The van der Waals surface area contributed by atoms with E-state index in [2.05, 4.69) is 5.32 Å². The van der Waals surface area contributed by atoms with Gasteiger partial charge in [0.1, 0.15) is 12.3 Å². The van der Waals surface area contributed by atoms with Crippen molar-refractivity contribution in [1.82, 2.24) is 4.90 Å². The number of ether oxygens (including phenoxy) is 2. The second kappa shape index (κ2) is 9.10. The number of thioether (sulfide) groups is 1. The van der Waals surface area contributed by atoms with Crippen LogP contribution in [0.3, 0.4) is 0 Å². The highest BCUT2D eigenvalue weighted by Crippen LogP contribution is 2.34. The number of nitrogens with zero attached hydrogens (tertiary/aromatic N) is 1. The Bertz CT molecular complexity index is 1060. The van der Waals surface area contributed by atoms with Crippen LogP contribution in [0.15, 0.2) is 41.3 Å². The molecule has 8 nitrogen and oxygen atoms in total. The average Bonchev–Trinajstić information content (AvgIpc) is 2.95. The van der Waals surface area contributed by atoms with E-state index >= 15 is 0 Å². The zero-order chi connectivity index (χ0) is 21.8. The molecule has 1 saturated heterocycles. The van der Waals surface area contributed by atoms with Crippen molar-refractivity contribution in [3.8, 4) is 17.2 Å². The molecular weight excluding hydrogens is 432 g/mol. The number of halogens is 1. The van der Waals surface area contributed by atoms with Crippen molar-refractivity contribution in [2.24, 2.45) is 0 Å². The molecule has 3 amide bonds. The Morgan fingerprint density at radius 2 is 1.87 bits per heavy atom. The average molecular weight is 449 g/mol. The molecule has 1 aliphatic heterocycles. The molecule has 0 aromatic heterocycles. The van der Waals surface area contributed by atoms with E-state index in [0.717, 1.165) is 4.90 Å². The lowest BCUT2D eigenvalue weighted by atomic mass is 10.2. The van der Waals surface area contributed by atoms with E-state index in [1.54, 1.807) is 24.3 Å². The Morgan fingerprint density at radius 3 is 2.50 bits per heavy atom. The maximum atomic E-state index is 12.6. The Kier molecular flexibility index (Phi) is 6.53. The van der Waals surface area contributed by atoms with Gasteiger partial charge in [0.25, 0.3) is 11.1 Å². The van der Waals surface area contributed by atoms with Gasteiger partial charge in [0.2, 0.25) is 5.91 Å². The molecule has 1 aliphatic rings. The Balaban J connectivity index is 1.69. The van der Waals surface area contributed by atoms with Gasteiger partial charge >= 0.3 is 0 Å². The summed E-state index contributed by atoms with van der Waals surface area (Å²) in [6, 6.07) is 9.26.